The summed E-state index contributed by atoms with van der Waals surface area (Å²) in [5.74, 6) is 0.746. The molecule has 0 aliphatic heterocycles. The van der Waals surface area contributed by atoms with Crippen molar-refractivity contribution in [3.05, 3.63) is 77.9 Å². The number of hydrogen-bond donors (Lipinski definition) is 2. The molecule has 0 aliphatic rings. The fraction of sp³-hybridized carbons (Fsp3) is 0.148. The molecule has 2 aromatic heterocycles. The van der Waals surface area contributed by atoms with Gasteiger partial charge in [-0.2, -0.15) is 0 Å². The molecule has 5 nitrogen and oxygen atoms in total. The van der Waals surface area contributed by atoms with Gasteiger partial charge < -0.3 is 19.8 Å². The molecular weight excluding hydrogens is 430 g/mol. The molecule has 6 heteroatoms. The van der Waals surface area contributed by atoms with Crippen LogP contribution in [0, 0.1) is 0 Å². The highest BCUT2D eigenvalue weighted by Crippen LogP contribution is 2.39. The Morgan fingerprint density at radius 1 is 0.697 bits per heavy atom. The van der Waals surface area contributed by atoms with Crippen molar-refractivity contribution in [1.29, 1.82) is 0 Å². The minimum Gasteiger partial charge on any atom is -0.378 e. The number of benzene rings is 3. The Bertz CT molecular complexity index is 1340. The summed E-state index contributed by atoms with van der Waals surface area (Å²) in [7, 11) is 8.16. The number of nitrogens with one attached hydrogen (secondary N) is 2. The van der Waals surface area contributed by atoms with Gasteiger partial charge in [0.1, 0.15) is 11.0 Å². The fourth-order valence-electron chi connectivity index (χ4n) is 4.09. The minimum atomic E-state index is 0.578. The first-order chi connectivity index (χ1) is 15.9. The zero-order valence-electron chi connectivity index (χ0n) is 19.1. The first-order valence-electron chi connectivity index (χ1n) is 10.8. The van der Waals surface area contributed by atoms with E-state index in [-0.39, 0.29) is 0 Å². The van der Waals surface area contributed by atoms with Crippen LogP contribution in [0.15, 0.2) is 72.8 Å². The maximum Gasteiger partial charge on any atom is 0.142 e. The summed E-state index contributed by atoms with van der Waals surface area (Å²) in [5.41, 5.74) is 8.15. The largest absolute Gasteiger partial charge is 0.378 e. The third-order valence-electron chi connectivity index (χ3n) is 5.93. The van der Waals surface area contributed by atoms with E-state index < -0.39 is 0 Å². The van der Waals surface area contributed by atoms with Gasteiger partial charge in [0.05, 0.1) is 17.0 Å². The van der Waals surface area contributed by atoms with Crippen LogP contribution in [0.2, 0.25) is 5.15 Å². The smallest absolute Gasteiger partial charge is 0.142 e. The molecule has 0 aliphatic carbocycles. The topological polar surface area (TPSA) is 51.0 Å². The zero-order chi connectivity index (χ0) is 23.1. The molecule has 33 heavy (non-hydrogen) atoms. The Morgan fingerprint density at radius 2 is 1.27 bits per heavy atom. The molecule has 0 unspecified atom stereocenters. The van der Waals surface area contributed by atoms with E-state index in [1.807, 2.05) is 46.4 Å². The number of imidazole rings is 1. The van der Waals surface area contributed by atoms with Gasteiger partial charge in [-0.25, -0.2) is 4.98 Å². The van der Waals surface area contributed by atoms with Gasteiger partial charge in [-0.05, 0) is 30.3 Å². The second-order valence-electron chi connectivity index (χ2n) is 8.55. The second-order valence-corrected chi connectivity index (χ2v) is 8.93. The van der Waals surface area contributed by atoms with E-state index in [0.717, 1.165) is 56.2 Å². The quantitative estimate of drug-likeness (QED) is 0.311. The Labute approximate surface area is 198 Å². The van der Waals surface area contributed by atoms with Gasteiger partial charge in [0, 0.05) is 61.6 Å². The average Bonchev–Trinajstić information content (AvgIpc) is 3.39. The predicted octanol–water partition coefficient (Wildman–Crippen LogP) is 6.68. The zero-order valence-corrected chi connectivity index (χ0v) is 19.9. The van der Waals surface area contributed by atoms with E-state index in [4.69, 9.17) is 16.6 Å². The van der Waals surface area contributed by atoms with E-state index in [1.54, 1.807) is 0 Å². The number of nitrogens with zero attached hydrogens (tertiary/aromatic N) is 3. The first-order valence-corrected chi connectivity index (χ1v) is 11.2. The third-order valence-corrected chi connectivity index (χ3v) is 6.21. The van der Waals surface area contributed by atoms with Crippen molar-refractivity contribution >= 4 is 33.9 Å². The molecule has 2 heterocycles. The molecule has 166 valence electrons. The molecule has 0 radical (unpaired) electrons. The lowest BCUT2D eigenvalue weighted by Gasteiger charge is -2.13. The van der Waals surface area contributed by atoms with Crippen LogP contribution in [0.4, 0.5) is 11.4 Å². The second kappa shape index (κ2) is 8.34. The van der Waals surface area contributed by atoms with Crippen molar-refractivity contribution in [2.24, 2.45) is 0 Å². The molecule has 3 aromatic carbocycles. The fourth-order valence-corrected chi connectivity index (χ4v) is 4.39. The van der Waals surface area contributed by atoms with Crippen molar-refractivity contribution in [3.63, 3.8) is 0 Å². The third kappa shape index (κ3) is 3.85. The van der Waals surface area contributed by atoms with Crippen LogP contribution in [-0.4, -0.2) is 43.1 Å². The number of halogens is 1. The van der Waals surface area contributed by atoms with E-state index >= 15 is 0 Å². The number of rotatable bonds is 5. The Balaban J connectivity index is 1.69. The maximum absolute atomic E-state index is 6.64. The molecule has 2 N–H and O–H groups in total. The molecular formula is C27H26ClN5. The maximum atomic E-state index is 6.64. The summed E-state index contributed by atoms with van der Waals surface area (Å²) in [6.07, 6.45) is 0. The van der Waals surface area contributed by atoms with Gasteiger partial charge >= 0.3 is 0 Å². The molecule has 5 aromatic rings. The lowest BCUT2D eigenvalue weighted by atomic mass is 10.0. The van der Waals surface area contributed by atoms with Crippen molar-refractivity contribution in [3.8, 4) is 33.9 Å². The van der Waals surface area contributed by atoms with Crippen LogP contribution in [-0.2, 0) is 0 Å². The minimum absolute atomic E-state index is 0.578. The van der Waals surface area contributed by atoms with Gasteiger partial charge in [0.15, 0.2) is 0 Å². The summed E-state index contributed by atoms with van der Waals surface area (Å²) < 4.78 is 0. The van der Waals surface area contributed by atoms with Gasteiger partial charge in [0.25, 0.3) is 0 Å². The number of aromatic amines is 2. The summed E-state index contributed by atoms with van der Waals surface area (Å²) >= 11 is 6.64. The Kier molecular flexibility index (Phi) is 5.35. The number of fused-ring (bicyclic) bond motifs is 1. The molecule has 0 atom stereocenters. The van der Waals surface area contributed by atoms with Crippen LogP contribution in [0.3, 0.4) is 0 Å². The van der Waals surface area contributed by atoms with Crippen molar-refractivity contribution in [2.75, 3.05) is 38.0 Å². The lowest BCUT2D eigenvalue weighted by molar-refractivity contribution is 1.13. The predicted molar refractivity (Wildman–Crippen MR) is 140 cm³/mol. The molecule has 5 rings (SSSR count). The van der Waals surface area contributed by atoms with Crippen LogP contribution >= 0.6 is 11.6 Å². The first kappa shape index (κ1) is 21.2. The number of para-hydroxylation sites is 1. The van der Waals surface area contributed by atoms with Crippen LogP contribution in [0.25, 0.3) is 44.8 Å². The molecule has 0 saturated heterocycles. The monoisotopic (exact) mass is 455 g/mol. The molecule has 0 spiro atoms. The average molecular weight is 456 g/mol. The number of H-pyrrole nitrogens is 2. The van der Waals surface area contributed by atoms with Crippen molar-refractivity contribution in [2.45, 2.75) is 0 Å². The van der Waals surface area contributed by atoms with Crippen LogP contribution in [0.1, 0.15) is 0 Å². The van der Waals surface area contributed by atoms with Gasteiger partial charge in [0.2, 0.25) is 0 Å². The van der Waals surface area contributed by atoms with Gasteiger partial charge in [-0.1, -0.05) is 54.1 Å². The number of hydrogen-bond acceptors (Lipinski definition) is 3. The number of anilines is 2. The normalized spacial score (nSPS) is 11.2. The summed E-state index contributed by atoms with van der Waals surface area (Å²) in [5, 5.41) is 1.62. The van der Waals surface area contributed by atoms with Crippen molar-refractivity contribution in [1.82, 2.24) is 15.0 Å². The van der Waals surface area contributed by atoms with Gasteiger partial charge in [-0.3, -0.25) is 0 Å². The van der Waals surface area contributed by atoms with Crippen LogP contribution < -0.4 is 9.80 Å². The van der Waals surface area contributed by atoms with Crippen LogP contribution in [0.5, 0.6) is 0 Å². The highest BCUT2D eigenvalue weighted by Gasteiger charge is 2.20. The summed E-state index contributed by atoms with van der Waals surface area (Å²) in [4.78, 5) is 16.1. The van der Waals surface area contributed by atoms with E-state index in [0.29, 0.717) is 5.15 Å². The van der Waals surface area contributed by atoms with E-state index in [1.165, 1.54) is 0 Å². The summed E-state index contributed by atoms with van der Waals surface area (Å²) in [6, 6.07) is 25.0. The van der Waals surface area contributed by atoms with Gasteiger partial charge in [-0.15, -0.1) is 0 Å². The highest BCUT2D eigenvalue weighted by atomic mass is 35.5. The SMILES string of the molecule is CN(C)c1ccc(-c2nc(-c3c(Cl)[nH]c4ccccc34)[nH]c2-c2ccc(N(C)C)cc2)cc1. The summed E-state index contributed by atoms with van der Waals surface area (Å²) in [6.45, 7) is 0. The Hall–Kier alpha value is -3.70. The molecule has 0 bridgehead atoms. The standard InChI is InChI=1S/C27H26ClN5/c1-32(2)19-13-9-17(10-14-19)24-25(18-11-15-20(16-12-18)33(3)4)31-27(30-24)23-21-7-5-6-8-22(21)29-26(23)28/h5-16,29H,1-4H3,(H,30,31). The highest BCUT2D eigenvalue weighted by molar-refractivity contribution is 6.34. The van der Waals surface area contributed by atoms with Crippen molar-refractivity contribution < 1.29 is 0 Å². The van der Waals surface area contributed by atoms with E-state index in [9.17, 15) is 0 Å². The Morgan fingerprint density at radius 3 is 1.88 bits per heavy atom. The molecule has 0 amide bonds. The molecule has 0 fully saturated rings. The molecule has 0 saturated carbocycles. The lowest BCUT2D eigenvalue weighted by Crippen LogP contribution is -2.08. The number of aromatic nitrogens is 3. The van der Waals surface area contributed by atoms with E-state index in [2.05, 4.69) is 74.4 Å².